The second-order valence-electron chi connectivity index (χ2n) is 5.25. The van der Waals surface area contributed by atoms with Gasteiger partial charge in [-0.25, -0.2) is 9.37 Å². The topological polar surface area (TPSA) is 56.7 Å². The molecular weight excluding hydrogens is 323 g/mol. The number of hydrogen-bond donors (Lipinski definition) is 1. The van der Waals surface area contributed by atoms with Crippen molar-refractivity contribution in [2.75, 3.05) is 5.73 Å². The van der Waals surface area contributed by atoms with Gasteiger partial charge in [0.2, 0.25) is 5.13 Å². The van der Waals surface area contributed by atoms with E-state index in [-0.39, 0.29) is 5.82 Å². The van der Waals surface area contributed by atoms with Crippen LogP contribution >= 0.6 is 11.3 Å². The summed E-state index contributed by atoms with van der Waals surface area (Å²) in [4.78, 5) is 4.56. The van der Waals surface area contributed by atoms with Crippen LogP contribution in [0.15, 0.2) is 66.0 Å². The molecule has 0 fully saturated rings. The number of anilines is 1. The summed E-state index contributed by atoms with van der Waals surface area (Å²) in [7, 11) is 0. The predicted molar refractivity (Wildman–Crippen MR) is 94.5 cm³/mol. The van der Waals surface area contributed by atoms with Gasteiger partial charge >= 0.3 is 0 Å². The van der Waals surface area contributed by atoms with Gasteiger partial charge in [-0.15, -0.1) is 11.3 Å². The molecule has 2 N–H and O–H groups in total. The second-order valence-corrected chi connectivity index (χ2v) is 6.09. The van der Waals surface area contributed by atoms with E-state index in [1.807, 2.05) is 41.8 Å². The van der Waals surface area contributed by atoms with Crippen LogP contribution in [-0.2, 0) is 0 Å². The lowest BCUT2D eigenvalue weighted by molar-refractivity contribution is 0.628. The third-order valence-electron chi connectivity index (χ3n) is 3.62. The van der Waals surface area contributed by atoms with Crippen LogP contribution in [0.3, 0.4) is 0 Å². The number of aromatic nitrogens is 3. The molecule has 0 aliphatic rings. The zero-order valence-corrected chi connectivity index (χ0v) is 13.4. The Morgan fingerprint density at radius 2 is 1.62 bits per heavy atom. The van der Waals surface area contributed by atoms with Gasteiger partial charge < -0.3 is 5.73 Å². The summed E-state index contributed by atoms with van der Waals surface area (Å²) in [5, 5.41) is 7.13. The van der Waals surface area contributed by atoms with Crippen LogP contribution in [0, 0.1) is 5.82 Å². The minimum absolute atomic E-state index is 0.266. The molecule has 4 aromatic rings. The lowest BCUT2D eigenvalue weighted by Crippen LogP contribution is -2.01. The van der Waals surface area contributed by atoms with Gasteiger partial charge in [-0.3, -0.25) is 0 Å². The molecule has 2 aromatic heterocycles. The van der Waals surface area contributed by atoms with Crippen LogP contribution in [0.4, 0.5) is 10.2 Å². The van der Waals surface area contributed by atoms with E-state index >= 15 is 0 Å². The summed E-state index contributed by atoms with van der Waals surface area (Å²) < 4.78 is 14.7. The zero-order chi connectivity index (χ0) is 16.5. The van der Waals surface area contributed by atoms with E-state index in [1.165, 1.54) is 23.5 Å². The average molecular weight is 336 g/mol. The summed E-state index contributed by atoms with van der Waals surface area (Å²) in [6, 6.07) is 17.9. The summed E-state index contributed by atoms with van der Waals surface area (Å²) >= 11 is 1.44. The highest BCUT2D eigenvalue weighted by Crippen LogP contribution is 2.27. The first-order valence-corrected chi connectivity index (χ1v) is 8.21. The van der Waals surface area contributed by atoms with Gasteiger partial charge in [-0.05, 0) is 24.3 Å². The van der Waals surface area contributed by atoms with Crippen molar-refractivity contribution in [2.24, 2.45) is 0 Å². The molecule has 24 heavy (non-hydrogen) atoms. The van der Waals surface area contributed by atoms with E-state index in [1.54, 1.807) is 16.8 Å². The van der Waals surface area contributed by atoms with Crippen molar-refractivity contribution >= 4 is 17.2 Å². The van der Waals surface area contributed by atoms with Gasteiger partial charge in [0.05, 0.1) is 11.4 Å². The summed E-state index contributed by atoms with van der Waals surface area (Å²) in [6.07, 6.45) is 0. The molecule has 0 spiro atoms. The molecule has 0 aliphatic carbocycles. The number of rotatable bonds is 3. The molecule has 4 rings (SSSR count). The first-order chi connectivity index (χ1) is 11.7. The minimum atomic E-state index is -0.266. The third kappa shape index (κ3) is 2.68. The van der Waals surface area contributed by atoms with Crippen LogP contribution in [-0.4, -0.2) is 14.8 Å². The Morgan fingerprint density at radius 1 is 0.917 bits per heavy atom. The van der Waals surface area contributed by atoms with Crippen molar-refractivity contribution in [1.82, 2.24) is 14.8 Å². The number of nitrogens with zero attached hydrogens (tertiary/aromatic N) is 3. The van der Waals surface area contributed by atoms with Gasteiger partial charge in [0.1, 0.15) is 11.6 Å². The van der Waals surface area contributed by atoms with Crippen molar-refractivity contribution < 1.29 is 4.39 Å². The molecule has 4 nitrogen and oxygen atoms in total. The number of nitrogen functional groups attached to an aromatic ring is 1. The van der Waals surface area contributed by atoms with Crippen LogP contribution in [0.5, 0.6) is 0 Å². The van der Waals surface area contributed by atoms with E-state index < -0.39 is 0 Å². The van der Waals surface area contributed by atoms with Crippen LogP contribution in [0.1, 0.15) is 0 Å². The highest BCUT2D eigenvalue weighted by atomic mass is 32.1. The highest BCUT2D eigenvalue weighted by Gasteiger charge is 2.12. The standard InChI is InChI=1S/C18H13FN4S/c19-14-8-6-13(7-9-14)16-11-24-18(21-16)23-17(20)10-15(22-23)12-4-2-1-3-5-12/h1-11H,20H2. The number of hydrogen-bond acceptors (Lipinski definition) is 4. The fourth-order valence-corrected chi connectivity index (χ4v) is 3.22. The van der Waals surface area contributed by atoms with Crippen molar-refractivity contribution in [1.29, 1.82) is 0 Å². The SMILES string of the molecule is Nc1cc(-c2ccccc2)nn1-c1nc(-c2ccc(F)cc2)cs1. The highest BCUT2D eigenvalue weighted by molar-refractivity contribution is 7.12. The van der Waals surface area contributed by atoms with Gasteiger partial charge in [-0.1, -0.05) is 30.3 Å². The number of thiazole rings is 1. The molecule has 2 heterocycles. The predicted octanol–water partition coefficient (Wildman–Crippen LogP) is 4.38. The number of benzene rings is 2. The van der Waals surface area contributed by atoms with Crippen LogP contribution in [0.2, 0.25) is 0 Å². The molecular formula is C18H13FN4S. The van der Waals surface area contributed by atoms with Gasteiger partial charge in [-0.2, -0.15) is 9.78 Å². The Hall–Kier alpha value is -2.99. The van der Waals surface area contributed by atoms with Gasteiger partial charge in [0.15, 0.2) is 0 Å². The molecule has 0 saturated heterocycles. The second kappa shape index (κ2) is 5.90. The third-order valence-corrected chi connectivity index (χ3v) is 4.44. The van der Waals surface area contributed by atoms with Crippen LogP contribution in [0.25, 0.3) is 27.6 Å². The first-order valence-electron chi connectivity index (χ1n) is 7.33. The Balaban J connectivity index is 1.70. The van der Waals surface area contributed by atoms with Gasteiger partial charge in [0.25, 0.3) is 0 Å². The maximum atomic E-state index is 13.0. The molecule has 0 amide bonds. The molecule has 0 saturated carbocycles. The van der Waals surface area contributed by atoms with Crippen molar-refractivity contribution in [3.8, 4) is 27.6 Å². The Morgan fingerprint density at radius 3 is 2.38 bits per heavy atom. The molecule has 0 bridgehead atoms. The molecule has 0 atom stereocenters. The Bertz CT molecular complexity index is 974. The summed E-state index contributed by atoms with van der Waals surface area (Å²) in [5.41, 5.74) is 9.52. The molecule has 0 aliphatic heterocycles. The maximum Gasteiger partial charge on any atom is 0.212 e. The Labute approximate surface area is 142 Å². The fourth-order valence-electron chi connectivity index (χ4n) is 2.41. The largest absolute Gasteiger partial charge is 0.383 e. The average Bonchev–Trinajstić information content (AvgIpc) is 3.23. The lowest BCUT2D eigenvalue weighted by atomic mass is 10.2. The van der Waals surface area contributed by atoms with E-state index in [0.717, 1.165) is 22.5 Å². The zero-order valence-electron chi connectivity index (χ0n) is 12.6. The molecule has 2 aromatic carbocycles. The van der Waals surface area contributed by atoms with E-state index in [2.05, 4.69) is 10.1 Å². The van der Waals surface area contributed by atoms with E-state index in [0.29, 0.717) is 10.9 Å². The van der Waals surface area contributed by atoms with Crippen molar-refractivity contribution in [3.63, 3.8) is 0 Å². The lowest BCUT2D eigenvalue weighted by Gasteiger charge is -1.99. The van der Waals surface area contributed by atoms with Crippen LogP contribution < -0.4 is 5.73 Å². The number of halogens is 1. The smallest absolute Gasteiger partial charge is 0.212 e. The molecule has 0 radical (unpaired) electrons. The maximum absolute atomic E-state index is 13.0. The molecule has 0 unspecified atom stereocenters. The van der Waals surface area contributed by atoms with E-state index in [9.17, 15) is 4.39 Å². The summed E-state index contributed by atoms with van der Waals surface area (Å²) in [6.45, 7) is 0. The monoisotopic (exact) mass is 336 g/mol. The summed E-state index contributed by atoms with van der Waals surface area (Å²) in [5.74, 6) is 0.256. The Kier molecular flexibility index (Phi) is 3.59. The van der Waals surface area contributed by atoms with Crippen molar-refractivity contribution in [3.05, 3.63) is 71.9 Å². The normalized spacial score (nSPS) is 10.9. The molecule has 118 valence electrons. The number of nitrogens with two attached hydrogens (primary N) is 1. The van der Waals surface area contributed by atoms with Crippen molar-refractivity contribution in [2.45, 2.75) is 0 Å². The molecule has 6 heteroatoms. The van der Waals surface area contributed by atoms with Gasteiger partial charge in [0, 0.05) is 22.6 Å². The fraction of sp³-hybridized carbons (Fsp3) is 0. The van der Waals surface area contributed by atoms with E-state index in [4.69, 9.17) is 5.73 Å². The first kappa shape index (κ1) is 14.6. The minimum Gasteiger partial charge on any atom is -0.383 e. The quantitative estimate of drug-likeness (QED) is 0.604.